The fourth-order valence-electron chi connectivity index (χ4n) is 1.21. The van der Waals surface area contributed by atoms with Crippen LogP contribution in [0.4, 0.5) is 4.39 Å². The number of hydrogen-bond donors (Lipinski definition) is 1. The lowest BCUT2D eigenvalue weighted by molar-refractivity contribution is 0.296. The Balaban J connectivity index is 2.29. The summed E-state index contributed by atoms with van der Waals surface area (Å²) in [5.41, 5.74) is 0. The highest BCUT2D eigenvalue weighted by Gasteiger charge is 2.03. The van der Waals surface area contributed by atoms with Crippen LogP contribution in [-0.2, 0) is 0 Å². The molecular formula is C12H17BrFNO. The Morgan fingerprint density at radius 3 is 2.88 bits per heavy atom. The molecular weight excluding hydrogens is 273 g/mol. The van der Waals surface area contributed by atoms with Gasteiger partial charge >= 0.3 is 0 Å². The van der Waals surface area contributed by atoms with Gasteiger partial charge in [0.1, 0.15) is 6.61 Å². The van der Waals surface area contributed by atoms with Crippen molar-refractivity contribution < 1.29 is 9.13 Å². The average Bonchev–Trinajstić information content (AvgIpc) is 2.22. The molecule has 0 radical (unpaired) electrons. The van der Waals surface area contributed by atoms with Crippen molar-refractivity contribution in [2.45, 2.75) is 13.8 Å². The number of ether oxygens (including phenoxy) is 1. The molecule has 0 atom stereocenters. The Morgan fingerprint density at radius 2 is 2.19 bits per heavy atom. The van der Waals surface area contributed by atoms with Crippen LogP contribution in [-0.4, -0.2) is 19.7 Å². The largest absolute Gasteiger partial charge is 0.489 e. The average molecular weight is 290 g/mol. The van der Waals surface area contributed by atoms with Crippen LogP contribution in [0, 0.1) is 11.7 Å². The molecule has 0 aromatic heterocycles. The van der Waals surface area contributed by atoms with Gasteiger partial charge in [0.25, 0.3) is 0 Å². The third kappa shape index (κ3) is 4.94. The molecule has 0 aliphatic carbocycles. The van der Waals surface area contributed by atoms with Crippen LogP contribution < -0.4 is 10.1 Å². The molecule has 0 unspecified atom stereocenters. The number of nitrogens with one attached hydrogen (secondary N) is 1. The molecule has 0 heterocycles. The van der Waals surface area contributed by atoms with E-state index in [0.29, 0.717) is 18.3 Å². The highest BCUT2D eigenvalue weighted by molar-refractivity contribution is 9.10. The van der Waals surface area contributed by atoms with E-state index in [1.54, 1.807) is 12.1 Å². The third-order valence-corrected chi connectivity index (χ3v) is 2.48. The predicted molar refractivity (Wildman–Crippen MR) is 67.3 cm³/mol. The van der Waals surface area contributed by atoms with Crippen molar-refractivity contribution >= 4 is 15.9 Å². The maximum atomic E-state index is 13.2. The first-order valence-electron chi connectivity index (χ1n) is 5.38. The van der Waals surface area contributed by atoms with Gasteiger partial charge in [0.2, 0.25) is 0 Å². The molecule has 90 valence electrons. The summed E-state index contributed by atoms with van der Waals surface area (Å²) in [7, 11) is 0. The van der Waals surface area contributed by atoms with Crippen molar-refractivity contribution in [1.29, 1.82) is 0 Å². The molecule has 0 spiro atoms. The topological polar surface area (TPSA) is 21.3 Å². The van der Waals surface area contributed by atoms with Gasteiger partial charge in [-0.05, 0) is 30.7 Å². The summed E-state index contributed by atoms with van der Waals surface area (Å²) in [6.07, 6.45) is 0. The molecule has 0 bridgehead atoms. The third-order valence-electron chi connectivity index (χ3n) is 1.98. The lowest BCUT2D eigenvalue weighted by Crippen LogP contribution is -2.25. The van der Waals surface area contributed by atoms with E-state index in [1.165, 1.54) is 6.07 Å². The normalized spacial score (nSPS) is 10.8. The van der Waals surface area contributed by atoms with E-state index in [2.05, 4.69) is 35.1 Å². The van der Waals surface area contributed by atoms with Crippen LogP contribution in [0.5, 0.6) is 5.75 Å². The van der Waals surface area contributed by atoms with Crippen LogP contribution >= 0.6 is 15.9 Å². The van der Waals surface area contributed by atoms with E-state index in [-0.39, 0.29) is 5.82 Å². The van der Waals surface area contributed by atoms with E-state index in [9.17, 15) is 4.39 Å². The maximum absolute atomic E-state index is 13.2. The highest BCUT2D eigenvalue weighted by atomic mass is 79.9. The molecule has 0 fully saturated rings. The second kappa shape index (κ2) is 6.86. The van der Waals surface area contributed by atoms with Crippen LogP contribution in [0.3, 0.4) is 0 Å². The second-order valence-electron chi connectivity index (χ2n) is 4.02. The first-order valence-corrected chi connectivity index (χ1v) is 6.17. The number of rotatable bonds is 6. The SMILES string of the molecule is CC(C)CNCCOc1cc(Br)ccc1F. The Labute approximate surface area is 104 Å². The van der Waals surface area contributed by atoms with Crippen molar-refractivity contribution in [2.24, 2.45) is 5.92 Å². The van der Waals surface area contributed by atoms with Crippen LogP contribution in [0.1, 0.15) is 13.8 Å². The quantitative estimate of drug-likeness (QED) is 0.812. The molecule has 0 saturated carbocycles. The molecule has 4 heteroatoms. The fraction of sp³-hybridized carbons (Fsp3) is 0.500. The minimum Gasteiger partial charge on any atom is -0.489 e. The number of benzene rings is 1. The van der Waals surface area contributed by atoms with Crippen molar-refractivity contribution in [1.82, 2.24) is 5.32 Å². The molecule has 16 heavy (non-hydrogen) atoms. The van der Waals surface area contributed by atoms with Crippen LogP contribution in [0.15, 0.2) is 22.7 Å². The molecule has 1 rings (SSSR count). The standard InChI is InChI=1S/C12H17BrFNO/c1-9(2)8-15-5-6-16-12-7-10(13)3-4-11(12)14/h3-4,7,9,15H,5-6,8H2,1-2H3. The van der Waals surface area contributed by atoms with Crippen molar-refractivity contribution in [3.8, 4) is 5.75 Å². The highest BCUT2D eigenvalue weighted by Crippen LogP contribution is 2.21. The van der Waals surface area contributed by atoms with Crippen molar-refractivity contribution in [2.75, 3.05) is 19.7 Å². The second-order valence-corrected chi connectivity index (χ2v) is 4.94. The zero-order chi connectivity index (χ0) is 12.0. The van der Waals surface area contributed by atoms with Crippen molar-refractivity contribution in [3.05, 3.63) is 28.5 Å². The van der Waals surface area contributed by atoms with Gasteiger partial charge in [-0.25, -0.2) is 4.39 Å². The lowest BCUT2D eigenvalue weighted by atomic mass is 10.2. The molecule has 1 aromatic carbocycles. The first-order chi connectivity index (χ1) is 7.59. The van der Waals surface area contributed by atoms with Gasteiger partial charge < -0.3 is 10.1 Å². The Hall–Kier alpha value is -0.610. The van der Waals surface area contributed by atoms with E-state index >= 15 is 0 Å². The van der Waals surface area contributed by atoms with E-state index in [1.807, 2.05) is 0 Å². The molecule has 1 aromatic rings. The molecule has 0 amide bonds. The molecule has 0 saturated heterocycles. The molecule has 1 N–H and O–H groups in total. The number of hydrogen-bond acceptors (Lipinski definition) is 2. The smallest absolute Gasteiger partial charge is 0.165 e. The van der Waals surface area contributed by atoms with E-state index in [0.717, 1.165) is 17.6 Å². The van der Waals surface area contributed by atoms with E-state index in [4.69, 9.17) is 4.74 Å². The van der Waals surface area contributed by atoms with Gasteiger partial charge in [0.15, 0.2) is 11.6 Å². The zero-order valence-corrected chi connectivity index (χ0v) is 11.2. The van der Waals surface area contributed by atoms with E-state index < -0.39 is 0 Å². The van der Waals surface area contributed by atoms with Crippen molar-refractivity contribution in [3.63, 3.8) is 0 Å². The summed E-state index contributed by atoms with van der Waals surface area (Å²) < 4.78 is 19.4. The first kappa shape index (κ1) is 13.5. The summed E-state index contributed by atoms with van der Waals surface area (Å²) in [5.74, 6) is 0.579. The Kier molecular flexibility index (Phi) is 5.77. The van der Waals surface area contributed by atoms with Gasteiger partial charge in [0.05, 0.1) is 0 Å². The monoisotopic (exact) mass is 289 g/mol. The minimum atomic E-state index is -0.327. The fourth-order valence-corrected chi connectivity index (χ4v) is 1.55. The summed E-state index contributed by atoms with van der Waals surface area (Å²) in [6, 6.07) is 4.68. The van der Waals surface area contributed by atoms with Gasteiger partial charge in [0, 0.05) is 11.0 Å². The van der Waals surface area contributed by atoms with Gasteiger partial charge in [-0.15, -0.1) is 0 Å². The molecule has 0 aliphatic rings. The maximum Gasteiger partial charge on any atom is 0.165 e. The summed E-state index contributed by atoms with van der Waals surface area (Å²) in [5, 5.41) is 3.23. The van der Waals surface area contributed by atoms with Crippen LogP contribution in [0.25, 0.3) is 0 Å². The zero-order valence-electron chi connectivity index (χ0n) is 9.59. The molecule has 2 nitrogen and oxygen atoms in total. The van der Waals surface area contributed by atoms with Gasteiger partial charge in [-0.2, -0.15) is 0 Å². The lowest BCUT2D eigenvalue weighted by Gasteiger charge is -2.09. The predicted octanol–water partition coefficient (Wildman–Crippen LogP) is 3.21. The minimum absolute atomic E-state index is 0.292. The van der Waals surface area contributed by atoms with Gasteiger partial charge in [-0.1, -0.05) is 29.8 Å². The Morgan fingerprint density at radius 1 is 1.44 bits per heavy atom. The summed E-state index contributed by atoms with van der Waals surface area (Å²) in [4.78, 5) is 0. The summed E-state index contributed by atoms with van der Waals surface area (Å²) in [6.45, 7) is 6.43. The summed E-state index contributed by atoms with van der Waals surface area (Å²) >= 11 is 3.28. The van der Waals surface area contributed by atoms with Gasteiger partial charge in [-0.3, -0.25) is 0 Å². The molecule has 0 aliphatic heterocycles. The van der Waals surface area contributed by atoms with Crippen LogP contribution in [0.2, 0.25) is 0 Å². The number of halogens is 2. The Bertz CT molecular complexity index is 331.